The van der Waals surface area contributed by atoms with Crippen LogP contribution in [0.25, 0.3) is 0 Å². The number of carbonyl (C=O) groups excluding carboxylic acids is 1. The normalized spacial score (nSPS) is 22.1. The Morgan fingerprint density at radius 2 is 1.23 bits per heavy atom. The average Bonchev–Trinajstić information content (AvgIpc) is 3.63. The standard InChI is InChI=1S/C43H82O4Si/c1-10-11-12-13-14-15-16-20-23-26-29-36(3)39-31-32-40(46-39)41(47-48(8,9)43(5,6)7)30-27-24-21-18-17-19-22-25-28-35(2)33-38-34-37(4)45-42(38)44/h34-37,39-41H,10-33H2,1-9H3/t35-,36+,37+,39+,40-,41-/m1/s1. The molecule has 2 aliphatic rings. The van der Waals surface area contributed by atoms with Gasteiger partial charge in [-0.2, -0.15) is 0 Å². The quantitative estimate of drug-likeness (QED) is 0.0466. The molecule has 0 N–H and O–H groups in total. The van der Waals surface area contributed by atoms with Crippen LogP contribution in [-0.2, 0) is 18.7 Å². The summed E-state index contributed by atoms with van der Waals surface area (Å²) in [7, 11) is -1.86. The molecule has 6 atom stereocenters. The minimum atomic E-state index is -1.86. The molecule has 2 heterocycles. The maximum atomic E-state index is 11.9. The molecule has 1 fully saturated rings. The van der Waals surface area contributed by atoms with Gasteiger partial charge < -0.3 is 13.9 Å². The molecule has 0 bridgehead atoms. The molecule has 0 spiro atoms. The highest BCUT2D eigenvalue weighted by molar-refractivity contribution is 6.74. The van der Waals surface area contributed by atoms with Crippen molar-refractivity contribution in [1.29, 1.82) is 0 Å². The summed E-state index contributed by atoms with van der Waals surface area (Å²) < 4.78 is 19.2. The zero-order chi connectivity index (χ0) is 35.4. The van der Waals surface area contributed by atoms with Crippen molar-refractivity contribution >= 4 is 14.3 Å². The lowest BCUT2D eigenvalue weighted by Crippen LogP contribution is -2.47. The van der Waals surface area contributed by atoms with Crippen LogP contribution < -0.4 is 0 Å². The van der Waals surface area contributed by atoms with E-state index in [1.54, 1.807) is 0 Å². The van der Waals surface area contributed by atoms with Gasteiger partial charge in [0.1, 0.15) is 6.10 Å². The van der Waals surface area contributed by atoms with Crippen molar-refractivity contribution in [3.8, 4) is 0 Å². The van der Waals surface area contributed by atoms with E-state index in [1.165, 1.54) is 141 Å². The van der Waals surface area contributed by atoms with E-state index in [1.807, 2.05) is 13.0 Å². The molecule has 5 heteroatoms. The van der Waals surface area contributed by atoms with Crippen LogP contribution in [0.15, 0.2) is 11.6 Å². The van der Waals surface area contributed by atoms with E-state index < -0.39 is 8.32 Å². The number of rotatable bonds is 28. The molecule has 0 aromatic carbocycles. The van der Waals surface area contributed by atoms with Gasteiger partial charge in [-0.15, -0.1) is 0 Å². The molecule has 1 saturated heterocycles. The SMILES string of the molecule is CCCCCCCCCCCC[C@H](C)[C@@H]1CC[C@H]([C@@H](CCCCCCCCCC[C@@H](C)CC2=C[C@H](C)OC2=O)O[Si](C)(C)C(C)(C)C)O1. The minimum absolute atomic E-state index is 0.0450. The topological polar surface area (TPSA) is 44.8 Å². The first-order chi connectivity index (χ1) is 22.8. The Kier molecular flexibility index (Phi) is 21.5. The van der Waals surface area contributed by atoms with E-state index in [0.717, 1.165) is 18.4 Å². The molecule has 48 heavy (non-hydrogen) atoms. The molecule has 0 saturated carbocycles. The van der Waals surface area contributed by atoms with E-state index in [0.29, 0.717) is 17.9 Å². The molecular weight excluding hydrogens is 609 g/mol. The third kappa shape index (κ3) is 17.5. The molecule has 2 aliphatic heterocycles. The fraction of sp³-hybridized carbons (Fsp3) is 0.930. The van der Waals surface area contributed by atoms with Crippen molar-refractivity contribution in [2.45, 2.75) is 245 Å². The van der Waals surface area contributed by atoms with Gasteiger partial charge >= 0.3 is 5.97 Å². The Bertz CT molecular complexity index is 877. The summed E-state index contributed by atoms with van der Waals surface area (Å²) in [6.45, 7) is 20.9. The molecular formula is C43H82O4Si. The van der Waals surface area contributed by atoms with Crippen molar-refractivity contribution in [3.63, 3.8) is 0 Å². The van der Waals surface area contributed by atoms with E-state index in [4.69, 9.17) is 13.9 Å². The number of unbranched alkanes of at least 4 members (excludes halogenated alkanes) is 16. The fourth-order valence-corrected chi connectivity index (χ4v) is 8.93. The largest absolute Gasteiger partial charge is 0.455 e. The lowest BCUT2D eigenvalue weighted by atomic mass is 9.94. The van der Waals surface area contributed by atoms with Crippen LogP contribution in [0.3, 0.4) is 0 Å². The van der Waals surface area contributed by atoms with E-state index in [9.17, 15) is 4.79 Å². The van der Waals surface area contributed by atoms with Crippen molar-refractivity contribution in [2.24, 2.45) is 11.8 Å². The molecule has 282 valence electrons. The third-order valence-electron chi connectivity index (χ3n) is 11.9. The smallest absolute Gasteiger partial charge is 0.334 e. The maximum Gasteiger partial charge on any atom is 0.334 e. The van der Waals surface area contributed by atoms with Crippen LogP contribution >= 0.6 is 0 Å². The van der Waals surface area contributed by atoms with Crippen molar-refractivity contribution < 1.29 is 18.7 Å². The average molecular weight is 691 g/mol. The summed E-state index contributed by atoms with van der Waals surface area (Å²) in [5.41, 5.74) is 0.889. The molecule has 0 radical (unpaired) electrons. The second-order valence-corrected chi connectivity index (χ2v) is 22.4. The summed E-state index contributed by atoms with van der Waals surface area (Å²) in [5, 5.41) is 0.224. The number of hydrogen-bond acceptors (Lipinski definition) is 4. The predicted molar refractivity (Wildman–Crippen MR) is 209 cm³/mol. The second-order valence-electron chi connectivity index (χ2n) is 17.7. The summed E-state index contributed by atoms with van der Waals surface area (Å²) in [4.78, 5) is 11.9. The van der Waals surface area contributed by atoms with Crippen LogP contribution in [0, 0.1) is 11.8 Å². The van der Waals surface area contributed by atoms with Gasteiger partial charge in [-0.05, 0) is 75.1 Å². The molecule has 0 aromatic heterocycles. The first-order valence-corrected chi connectivity index (χ1v) is 24.0. The Morgan fingerprint density at radius 1 is 0.750 bits per heavy atom. The highest BCUT2D eigenvalue weighted by atomic mass is 28.4. The van der Waals surface area contributed by atoms with Gasteiger partial charge in [-0.1, -0.05) is 164 Å². The van der Waals surface area contributed by atoms with Crippen LogP contribution in [0.4, 0.5) is 0 Å². The number of carbonyl (C=O) groups is 1. The first-order valence-electron chi connectivity index (χ1n) is 21.1. The maximum absolute atomic E-state index is 11.9. The summed E-state index contributed by atoms with van der Waals surface area (Å²) >= 11 is 0. The Labute approximate surface area is 300 Å². The van der Waals surface area contributed by atoms with E-state index in [-0.39, 0.29) is 29.3 Å². The number of ether oxygens (including phenoxy) is 2. The highest BCUT2D eigenvalue weighted by Gasteiger charge is 2.42. The van der Waals surface area contributed by atoms with E-state index >= 15 is 0 Å². The Hall–Kier alpha value is -0.653. The molecule has 0 amide bonds. The van der Waals surface area contributed by atoms with Crippen LogP contribution in [0.2, 0.25) is 18.1 Å². The molecule has 4 nitrogen and oxygen atoms in total. The van der Waals surface area contributed by atoms with Crippen molar-refractivity contribution in [2.75, 3.05) is 0 Å². The lowest BCUT2D eigenvalue weighted by Gasteiger charge is -2.41. The monoisotopic (exact) mass is 691 g/mol. The minimum Gasteiger partial charge on any atom is -0.455 e. The predicted octanol–water partition coefficient (Wildman–Crippen LogP) is 13.7. The van der Waals surface area contributed by atoms with Gasteiger partial charge in [-0.25, -0.2) is 4.79 Å². The molecule has 2 rings (SSSR count). The van der Waals surface area contributed by atoms with Crippen LogP contribution in [0.1, 0.15) is 203 Å². The number of esters is 1. The Morgan fingerprint density at radius 3 is 1.73 bits per heavy atom. The van der Waals surface area contributed by atoms with Gasteiger partial charge in [0, 0.05) is 5.57 Å². The zero-order valence-electron chi connectivity index (χ0n) is 33.6. The summed E-state index contributed by atoms with van der Waals surface area (Å²) in [5.74, 6) is 1.12. The van der Waals surface area contributed by atoms with Gasteiger partial charge in [-0.3, -0.25) is 0 Å². The molecule has 0 aliphatic carbocycles. The summed E-state index contributed by atoms with van der Waals surface area (Å²) in [6, 6.07) is 0. The Balaban J connectivity index is 1.63. The third-order valence-corrected chi connectivity index (χ3v) is 16.4. The number of cyclic esters (lactones) is 1. The molecule has 0 unspecified atom stereocenters. The lowest BCUT2D eigenvalue weighted by molar-refractivity contribution is -0.139. The first kappa shape index (κ1) is 43.5. The fourth-order valence-electron chi connectivity index (χ4n) is 7.55. The van der Waals surface area contributed by atoms with Crippen LogP contribution in [0.5, 0.6) is 0 Å². The summed E-state index contributed by atoms with van der Waals surface area (Å²) in [6.07, 6.45) is 34.4. The van der Waals surface area contributed by atoms with E-state index in [2.05, 4.69) is 54.6 Å². The second kappa shape index (κ2) is 23.8. The van der Waals surface area contributed by atoms with Gasteiger partial charge in [0.2, 0.25) is 0 Å². The van der Waals surface area contributed by atoms with Gasteiger partial charge in [0.15, 0.2) is 8.32 Å². The van der Waals surface area contributed by atoms with Crippen molar-refractivity contribution in [1.82, 2.24) is 0 Å². The van der Waals surface area contributed by atoms with Crippen LogP contribution in [-0.4, -0.2) is 38.7 Å². The molecule has 0 aromatic rings. The number of hydrogen-bond donors (Lipinski definition) is 0. The van der Waals surface area contributed by atoms with Gasteiger partial charge in [0.25, 0.3) is 0 Å². The zero-order valence-corrected chi connectivity index (χ0v) is 34.6. The highest BCUT2D eigenvalue weighted by Crippen LogP contribution is 2.40. The van der Waals surface area contributed by atoms with Crippen molar-refractivity contribution in [3.05, 3.63) is 11.6 Å². The van der Waals surface area contributed by atoms with Gasteiger partial charge in [0.05, 0.1) is 18.3 Å².